The van der Waals surface area contributed by atoms with Crippen LogP contribution in [-0.2, 0) is 6.54 Å². The van der Waals surface area contributed by atoms with Crippen LogP contribution in [0.1, 0.15) is 33.3 Å². The Hall–Kier alpha value is -1.80. The Morgan fingerprint density at radius 2 is 1.71 bits per heavy atom. The minimum absolute atomic E-state index is 0.178. The van der Waals surface area contributed by atoms with Crippen LogP contribution in [0.3, 0.4) is 0 Å². The molecule has 0 spiro atoms. The highest BCUT2D eigenvalue weighted by Crippen LogP contribution is 2.31. The van der Waals surface area contributed by atoms with Gasteiger partial charge in [-0.3, -0.25) is 0 Å². The molecule has 2 nitrogen and oxygen atoms in total. The van der Waals surface area contributed by atoms with E-state index in [1.165, 1.54) is 11.1 Å². The van der Waals surface area contributed by atoms with Crippen LogP contribution in [-0.4, -0.2) is 12.1 Å². The van der Waals surface area contributed by atoms with Gasteiger partial charge >= 0.3 is 0 Å². The first-order valence-electron chi connectivity index (χ1n) is 7.64. The molecule has 0 bridgehead atoms. The smallest absolute Gasteiger partial charge is 0.127 e. The summed E-state index contributed by atoms with van der Waals surface area (Å²) in [6.45, 7) is 9.32. The SMILES string of the molecule is CC(C)NCc1cccc(-c2ccccc2OC(C)C)c1. The second-order valence-electron chi connectivity index (χ2n) is 5.90. The van der Waals surface area contributed by atoms with E-state index in [4.69, 9.17) is 4.74 Å². The van der Waals surface area contributed by atoms with E-state index in [2.05, 4.69) is 69.4 Å². The van der Waals surface area contributed by atoms with Gasteiger partial charge in [0.05, 0.1) is 6.10 Å². The number of para-hydroxylation sites is 1. The Labute approximate surface area is 128 Å². The van der Waals surface area contributed by atoms with Crippen LogP contribution >= 0.6 is 0 Å². The van der Waals surface area contributed by atoms with Gasteiger partial charge in [0, 0.05) is 18.2 Å². The number of hydrogen-bond donors (Lipinski definition) is 1. The number of benzene rings is 2. The summed E-state index contributed by atoms with van der Waals surface area (Å²) in [4.78, 5) is 0. The van der Waals surface area contributed by atoms with E-state index in [1.54, 1.807) is 0 Å². The van der Waals surface area contributed by atoms with Gasteiger partial charge in [-0.2, -0.15) is 0 Å². The Kier molecular flexibility index (Phi) is 5.40. The standard InChI is InChI=1S/C19H25NO/c1-14(2)20-13-16-8-7-9-17(12-16)18-10-5-6-11-19(18)21-15(3)4/h5-12,14-15,20H,13H2,1-4H3. The van der Waals surface area contributed by atoms with Crippen molar-refractivity contribution in [2.75, 3.05) is 0 Å². The second-order valence-corrected chi connectivity index (χ2v) is 5.90. The molecule has 112 valence electrons. The fourth-order valence-corrected chi connectivity index (χ4v) is 2.23. The first kappa shape index (κ1) is 15.6. The number of nitrogens with one attached hydrogen (secondary N) is 1. The molecular formula is C19H25NO. The largest absolute Gasteiger partial charge is 0.490 e. The Morgan fingerprint density at radius 1 is 0.952 bits per heavy atom. The first-order chi connectivity index (χ1) is 10.1. The third kappa shape index (κ3) is 4.61. The average Bonchev–Trinajstić information content (AvgIpc) is 2.45. The van der Waals surface area contributed by atoms with Gasteiger partial charge in [-0.25, -0.2) is 0 Å². The summed E-state index contributed by atoms with van der Waals surface area (Å²) < 4.78 is 5.92. The molecule has 1 N–H and O–H groups in total. The maximum atomic E-state index is 5.92. The Morgan fingerprint density at radius 3 is 2.43 bits per heavy atom. The molecule has 0 atom stereocenters. The molecule has 2 aromatic rings. The van der Waals surface area contributed by atoms with E-state index < -0.39 is 0 Å². The fraction of sp³-hybridized carbons (Fsp3) is 0.368. The molecule has 0 aliphatic heterocycles. The van der Waals surface area contributed by atoms with Gasteiger partial charge in [-0.05, 0) is 37.1 Å². The number of ether oxygens (including phenoxy) is 1. The van der Waals surface area contributed by atoms with Crippen molar-refractivity contribution in [1.29, 1.82) is 0 Å². The molecule has 0 saturated heterocycles. The molecule has 0 saturated carbocycles. The van der Waals surface area contributed by atoms with Crippen LogP contribution in [0.2, 0.25) is 0 Å². The van der Waals surface area contributed by atoms with E-state index in [0.29, 0.717) is 6.04 Å². The summed E-state index contributed by atoms with van der Waals surface area (Å²) in [5.74, 6) is 0.946. The van der Waals surface area contributed by atoms with Crippen LogP contribution < -0.4 is 10.1 Å². The molecule has 2 aromatic carbocycles. The van der Waals surface area contributed by atoms with Crippen molar-refractivity contribution >= 4 is 0 Å². The van der Waals surface area contributed by atoms with Crippen LogP contribution in [0.15, 0.2) is 48.5 Å². The van der Waals surface area contributed by atoms with Gasteiger partial charge in [0.15, 0.2) is 0 Å². The fourth-order valence-electron chi connectivity index (χ4n) is 2.23. The normalized spacial score (nSPS) is 11.1. The van der Waals surface area contributed by atoms with Crippen molar-refractivity contribution in [3.63, 3.8) is 0 Å². The highest BCUT2D eigenvalue weighted by molar-refractivity contribution is 5.70. The van der Waals surface area contributed by atoms with Crippen LogP contribution in [0.5, 0.6) is 5.75 Å². The summed E-state index contributed by atoms with van der Waals surface area (Å²) in [6, 6.07) is 17.4. The lowest BCUT2D eigenvalue weighted by atomic mass is 10.0. The van der Waals surface area contributed by atoms with Crippen molar-refractivity contribution in [2.24, 2.45) is 0 Å². The van der Waals surface area contributed by atoms with Crippen LogP contribution in [0.25, 0.3) is 11.1 Å². The van der Waals surface area contributed by atoms with Gasteiger partial charge in [-0.15, -0.1) is 0 Å². The summed E-state index contributed by atoms with van der Waals surface area (Å²) in [5, 5.41) is 3.46. The summed E-state index contributed by atoms with van der Waals surface area (Å²) in [7, 11) is 0. The molecule has 2 rings (SSSR count). The van der Waals surface area contributed by atoms with E-state index in [1.807, 2.05) is 12.1 Å². The average molecular weight is 283 g/mol. The highest BCUT2D eigenvalue weighted by Gasteiger charge is 2.08. The van der Waals surface area contributed by atoms with Crippen molar-refractivity contribution in [3.05, 3.63) is 54.1 Å². The molecule has 0 amide bonds. The molecule has 0 aromatic heterocycles. The monoisotopic (exact) mass is 283 g/mol. The van der Waals surface area contributed by atoms with E-state index in [-0.39, 0.29) is 6.10 Å². The Bertz CT molecular complexity index is 575. The lowest BCUT2D eigenvalue weighted by Crippen LogP contribution is -2.21. The minimum Gasteiger partial charge on any atom is -0.490 e. The lowest BCUT2D eigenvalue weighted by molar-refractivity contribution is 0.243. The predicted molar refractivity (Wildman–Crippen MR) is 89.6 cm³/mol. The van der Waals surface area contributed by atoms with Crippen molar-refractivity contribution < 1.29 is 4.74 Å². The van der Waals surface area contributed by atoms with Crippen molar-refractivity contribution in [1.82, 2.24) is 5.32 Å². The van der Waals surface area contributed by atoms with Gasteiger partial charge in [0.2, 0.25) is 0 Å². The zero-order valence-electron chi connectivity index (χ0n) is 13.4. The van der Waals surface area contributed by atoms with Gasteiger partial charge in [0.25, 0.3) is 0 Å². The third-order valence-electron chi connectivity index (χ3n) is 3.20. The topological polar surface area (TPSA) is 21.3 Å². The van der Waals surface area contributed by atoms with Gasteiger partial charge in [-0.1, -0.05) is 50.2 Å². The molecule has 0 fully saturated rings. The Balaban J connectivity index is 2.27. The van der Waals surface area contributed by atoms with Gasteiger partial charge in [0.1, 0.15) is 5.75 Å². The molecule has 0 aliphatic rings. The molecular weight excluding hydrogens is 258 g/mol. The molecule has 2 heteroatoms. The zero-order valence-corrected chi connectivity index (χ0v) is 13.4. The lowest BCUT2D eigenvalue weighted by Gasteiger charge is -2.15. The highest BCUT2D eigenvalue weighted by atomic mass is 16.5. The maximum Gasteiger partial charge on any atom is 0.127 e. The van der Waals surface area contributed by atoms with E-state index in [9.17, 15) is 0 Å². The summed E-state index contributed by atoms with van der Waals surface area (Å²) in [5.41, 5.74) is 3.65. The molecule has 21 heavy (non-hydrogen) atoms. The third-order valence-corrected chi connectivity index (χ3v) is 3.20. The summed E-state index contributed by atoms with van der Waals surface area (Å²) >= 11 is 0. The van der Waals surface area contributed by atoms with Crippen LogP contribution in [0, 0.1) is 0 Å². The van der Waals surface area contributed by atoms with Crippen molar-refractivity contribution in [3.8, 4) is 16.9 Å². The second kappa shape index (κ2) is 7.28. The molecule has 0 heterocycles. The molecule has 0 unspecified atom stereocenters. The zero-order chi connectivity index (χ0) is 15.2. The van der Waals surface area contributed by atoms with Crippen LogP contribution in [0.4, 0.5) is 0 Å². The van der Waals surface area contributed by atoms with E-state index in [0.717, 1.165) is 17.9 Å². The first-order valence-corrected chi connectivity index (χ1v) is 7.64. The quantitative estimate of drug-likeness (QED) is 0.834. The molecule has 0 aliphatic carbocycles. The predicted octanol–water partition coefficient (Wildman–Crippen LogP) is 4.64. The number of hydrogen-bond acceptors (Lipinski definition) is 2. The number of rotatable bonds is 6. The molecule has 0 radical (unpaired) electrons. The van der Waals surface area contributed by atoms with E-state index >= 15 is 0 Å². The summed E-state index contributed by atoms with van der Waals surface area (Å²) in [6.07, 6.45) is 0.178. The van der Waals surface area contributed by atoms with Gasteiger partial charge < -0.3 is 10.1 Å². The van der Waals surface area contributed by atoms with Crippen molar-refractivity contribution in [2.45, 2.75) is 46.4 Å². The minimum atomic E-state index is 0.178. The maximum absolute atomic E-state index is 5.92.